The summed E-state index contributed by atoms with van der Waals surface area (Å²) in [5.41, 5.74) is 6.91. The fourth-order valence-corrected chi connectivity index (χ4v) is 3.70. The lowest BCUT2D eigenvalue weighted by molar-refractivity contribution is -0.385. The van der Waals surface area contributed by atoms with Crippen molar-refractivity contribution in [2.75, 3.05) is 5.32 Å². The Hall–Kier alpha value is -3.43. The van der Waals surface area contributed by atoms with Gasteiger partial charge >= 0.3 is 0 Å². The molecule has 0 saturated heterocycles. The second kappa shape index (κ2) is 7.43. The minimum atomic E-state index is -0.927. The molecule has 152 valence electrons. The van der Waals surface area contributed by atoms with Crippen molar-refractivity contribution < 1.29 is 9.72 Å². The van der Waals surface area contributed by atoms with E-state index < -0.39 is 16.9 Å². The third-order valence-corrected chi connectivity index (χ3v) is 5.46. The number of fused-ring (bicyclic) bond motifs is 1. The van der Waals surface area contributed by atoms with E-state index in [1.54, 1.807) is 43.3 Å². The predicted octanol–water partition coefficient (Wildman–Crippen LogP) is 3.93. The second-order valence-corrected chi connectivity index (χ2v) is 7.39. The van der Waals surface area contributed by atoms with Gasteiger partial charge in [0.05, 0.1) is 26.1 Å². The average molecular weight is 445 g/mol. The van der Waals surface area contributed by atoms with Crippen molar-refractivity contribution in [2.24, 2.45) is 5.73 Å². The Morgan fingerprint density at radius 3 is 2.63 bits per heavy atom. The van der Waals surface area contributed by atoms with Crippen LogP contribution in [0.3, 0.4) is 0 Å². The molecule has 3 aromatic rings. The van der Waals surface area contributed by atoms with E-state index in [9.17, 15) is 14.9 Å². The number of primary amides is 1. The molecular formula is C19H14Cl2N6O3. The predicted molar refractivity (Wildman–Crippen MR) is 112 cm³/mol. The number of hydrogen-bond donors (Lipinski definition) is 2. The van der Waals surface area contributed by atoms with Crippen molar-refractivity contribution in [3.8, 4) is 11.4 Å². The third kappa shape index (κ3) is 3.27. The Morgan fingerprint density at radius 2 is 1.97 bits per heavy atom. The van der Waals surface area contributed by atoms with E-state index in [-0.39, 0.29) is 16.8 Å². The summed E-state index contributed by atoms with van der Waals surface area (Å²) in [7, 11) is 0. The molecule has 1 amide bonds. The van der Waals surface area contributed by atoms with Crippen molar-refractivity contribution in [1.29, 1.82) is 0 Å². The zero-order chi connectivity index (χ0) is 21.6. The van der Waals surface area contributed by atoms with Crippen LogP contribution in [0, 0.1) is 10.1 Å². The quantitative estimate of drug-likeness (QED) is 0.463. The molecule has 9 nitrogen and oxygen atoms in total. The van der Waals surface area contributed by atoms with Gasteiger partial charge < -0.3 is 11.1 Å². The number of allylic oxidation sites excluding steroid dienone is 1. The van der Waals surface area contributed by atoms with Crippen LogP contribution >= 0.6 is 23.2 Å². The van der Waals surface area contributed by atoms with Crippen LogP contribution in [-0.4, -0.2) is 25.6 Å². The number of rotatable bonds is 4. The lowest BCUT2D eigenvalue weighted by Crippen LogP contribution is -2.32. The maximum absolute atomic E-state index is 12.3. The molecule has 0 saturated carbocycles. The Kier molecular flexibility index (Phi) is 4.92. The number of nitro benzene ring substituents is 1. The Labute approximate surface area is 180 Å². The van der Waals surface area contributed by atoms with Gasteiger partial charge in [-0.1, -0.05) is 35.3 Å². The van der Waals surface area contributed by atoms with Crippen molar-refractivity contribution >= 4 is 40.7 Å². The Bertz CT molecular complexity index is 1240. The summed E-state index contributed by atoms with van der Waals surface area (Å²) in [6.45, 7) is 1.65. The first kappa shape index (κ1) is 19.9. The van der Waals surface area contributed by atoms with E-state index in [2.05, 4.69) is 15.4 Å². The van der Waals surface area contributed by atoms with Crippen LogP contribution in [0.2, 0.25) is 10.0 Å². The summed E-state index contributed by atoms with van der Waals surface area (Å²) in [4.78, 5) is 27.8. The molecular weight excluding hydrogens is 431 g/mol. The summed E-state index contributed by atoms with van der Waals surface area (Å²) >= 11 is 12.1. The molecule has 2 heterocycles. The minimum absolute atomic E-state index is 0.155. The van der Waals surface area contributed by atoms with Crippen LogP contribution in [0.15, 0.2) is 53.7 Å². The molecule has 30 heavy (non-hydrogen) atoms. The fourth-order valence-electron chi connectivity index (χ4n) is 3.40. The number of nitrogens with one attached hydrogen (secondary N) is 1. The van der Waals surface area contributed by atoms with Crippen molar-refractivity contribution in [3.05, 3.63) is 79.5 Å². The molecule has 0 aliphatic carbocycles. The number of carbonyl (C=O) groups excluding carboxylic acids is 1. The smallest absolute Gasteiger partial charge is 0.275 e. The number of aromatic nitrogens is 3. The number of nitrogens with two attached hydrogens (primary N) is 1. The first-order chi connectivity index (χ1) is 14.3. The number of nitrogens with zero attached hydrogens (tertiary/aromatic N) is 4. The summed E-state index contributed by atoms with van der Waals surface area (Å²) in [5.74, 6) is -0.111. The van der Waals surface area contributed by atoms with Crippen molar-refractivity contribution in [2.45, 2.75) is 13.0 Å². The zero-order valence-electron chi connectivity index (χ0n) is 15.5. The Morgan fingerprint density at radius 1 is 1.23 bits per heavy atom. The van der Waals surface area contributed by atoms with Crippen LogP contribution < -0.4 is 11.1 Å². The third-order valence-electron chi connectivity index (χ3n) is 4.72. The van der Waals surface area contributed by atoms with Gasteiger partial charge in [-0.15, -0.1) is 5.10 Å². The van der Waals surface area contributed by atoms with Crippen LogP contribution in [0.25, 0.3) is 11.4 Å². The van der Waals surface area contributed by atoms with E-state index in [1.165, 1.54) is 10.7 Å². The highest BCUT2D eigenvalue weighted by molar-refractivity contribution is 6.42. The van der Waals surface area contributed by atoms with Gasteiger partial charge in [0.2, 0.25) is 11.9 Å². The second-order valence-electron chi connectivity index (χ2n) is 6.58. The van der Waals surface area contributed by atoms with E-state index in [4.69, 9.17) is 28.9 Å². The lowest BCUT2D eigenvalue weighted by Gasteiger charge is -2.27. The van der Waals surface area contributed by atoms with E-state index >= 15 is 0 Å². The SMILES string of the molecule is CC1=C(C(N)=O)C(c2ccccc2[N+](=O)[O-])n2nc(-c3ccc(Cl)c(Cl)c3)nc2N1. The molecule has 1 atom stereocenters. The largest absolute Gasteiger partial charge is 0.366 e. The van der Waals surface area contributed by atoms with Gasteiger partial charge in [0.1, 0.15) is 6.04 Å². The molecule has 0 radical (unpaired) electrons. The summed E-state index contributed by atoms with van der Waals surface area (Å²) < 4.78 is 1.41. The normalized spacial score (nSPS) is 15.5. The number of para-hydroxylation sites is 1. The van der Waals surface area contributed by atoms with Gasteiger partial charge in [0, 0.05) is 17.3 Å². The van der Waals surface area contributed by atoms with Gasteiger partial charge in [0.15, 0.2) is 5.82 Å². The van der Waals surface area contributed by atoms with Gasteiger partial charge in [-0.25, -0.2) is 4.68 Å². The highest BCUT2D eigenvalue weighted by Gasteiger charge is 2.36. The minimum Gasteiger partial charge on any atom is -0.366 e. The lowest BCUT2D eigenvalue weighted by atomic mass is 9.94. The first-order valence-electron chi connectivity index (χ1n) is 8.70. The average Bonchev–Trinajstić information content (AvgIpc) is 3.12. The summed E-state index contributed by atoms with van der Waals surface area (Å²) in [6, 6.07) is 10.1. The number of anilines is 1. The fraction of sp³-hybridized carbons (Fsp3) is 0.105. The van der Waals surface area contributed by atoms with Crippen LogP contribution in [0.4, 0.5) is 11.6 Å². The highest BCUT2D eigenvalue weighted by atomic mass is 35.5. The molecule has 11 heteroatoms. The topological polar surface area (TPSA) is 129 Å². The van der Waals surface area contributed by atoms with Crippen molar-refractivity contribution in [3.63, 3.8) is 0 Å². The Balaban J connectivity index is 1.93. The number of benzene rings is 2. The maximum Gasteiger partial charge on any atom is 0.275 e. The molecule has 4 rings (SSSR count). The number of halogens is 2. The van der Waals surface area contributed by atoms with E-state index in [0.717, 1.165) is 0 Å². The van der Waals surface area contributed by atoms with Crippen LogP contribution in [0.1, 0.15) is 18.5 Å². The zero-order valence-corrected chi connectivity index (χ0v) is 17.0. The van der Waals surface area contributed by atoms with Crippen LogP contribution in [-0.2, 0) is 4.79 Å². The summed E-state index contributed by atoms with van der Waals surface area (Å²) in [6.07, 6.45) is 0. The van der Waals surface area contributed by atoms with Gasteiger partial charge in [-0.3, -0.25) is 14.9 Å². The first-order valence-corrected chi connectivity index (χ1v) is 9.46. The molecule has 1 aromatic heterocycles. The van der Waals surface area contributed by atoms with Gasteiger partial charge in [0.25, 0.3) is 5.69 Å². The molecule has 0 spiro atoms. The van der Waals surface area contributed by atoms with Crippen molar-refractivity contribution in [1.82, 2.24) is 14.8 Å². The molecule has 3 N–H and O–H groups in total. The van der Waals surface area contributed by atoms with E-state index in [0.29, 0.717) is 33.1 Å². The summed E-state index contributed by atoms with van der Waals surface area (Å²) in [5, 5.41) is 19.8. The number of amides is 1. The highest BCUT2D eigenvalue weighted by Crippen LogP contribution is 2.39. The number of carbonyl (C=O) groups is 1. The molecule has 1 unspecified atom stereocenters. The standard InChI is InChI=1S/C19H14Cl2N6O3/c1-9-15(17(22)28)16(11-4-2-3-5-14(11)27(29)30)26-19(23-9)24-18(25-26)10-6-7-12(20)13(21)8-10/h2-8,16H,1H3,(H2,22,28)(H,23,24,25). The molecule has 0 bridgehead atoms. The maximum atomic E-state index is 12.3. The van der Waals surface area contributed by atoms with E-state index in [1.807, 2.05) is 0 Å². The molecule has 1 aliphatic heterocycles. The van der Waals surface area contributed by atoms with Crippen LogP contribution in [0.5, 0.6) is 0 Å². The van der Waals surface area contributed by atoms with Gasteiger partial charge in [-0.05, 0) is 31.2 Å². The molecule has 1 aliphatic rings. The number of nitro groups is 1. The molecule has 0 fully saturated rings. The molecule has 2 aromatic carbocycles. The monoisotopic (exact) mass is 444 g/mol. The number of hydrogen-bond acceptors (Lipinski definition) is 6. The van der Waals surface area contributed by atoms with Gasteiger partial charge in [-0.2, -0.15) is 4.98 Å².